The third-order valence-electron chi connectivity index (χ3n) is 5.25. The third-order valence-corrected chi connectivity index (χ3v) is 5.25. The molecule has 7 heteroatoms. The van der Waals surface area contributed by atoms with E-state index in [2.05, 4.69) is 10.2 Å². The van der Waals surface area contributed by atoms with Crippen molar-refractivity contribution in [1.82, 2.24) is 15.1 Å². The fraction of sp³-hybridized carbons (Fsp3) is 0.600. The molecule has 2 saturated heterocycles. The molecule has 0 aliphatic carbocycles. The molecule has 0 spiro atoms. The summed E-state index contributed by atoms with van der Waals surface area (Å²) in [6.07, 6.45) is 1.08. The van der Waals surface area contributed by atoms with Gasteiger partial charge in [0.25, 0.3) is 0 Å². The van der Waals surface area contributed by atoms with Crippen LogP contribution in [-0.2, 0) is 16.1 Å². The zero-order chi connectivity index (χ0) is 19.2. The molecule has 0 unspecified atom stereocenters. The molecule has 2 aliphatic rings. The van der Waals surface area contributed by atoms with Crippen molar-refractivity contribution in [3.8, 4) is 5.75 Å². The van der Waals surface area contributed by atoms with E-state index in [9.17, 15) is 14.7 Å². The summed E-state index contributed by atoms with van der Waals surface area (Å²) < 4.78 is 5.47. The predicted octanol–water partition coefficient (Wildman–Crippen LogP) is 0.759. The van der Waals surface area contributed by atoms with Crippen LogP contribution in [-0.4, -0.2) is 71.7 Å². The lowest BCUT2D eigenvalue weighted by atomic mass is 10.0. The molecule has 27 heavy (non-hydrogen) atoms. The predicted molar refractivity (Wildman–Crippen MR) is 101 cm³/mol. The minimum Gasteiger partial charge on any atom is -0.494 e. The number of aliphatic hydroxyl groups is 1. The van der Waals surface area contributed by atoms with Gasteiger partial charge in [-0.25, -0.2) is 0 Å². The molecule has 0 radical (unpaired) electrons. The number of nitrogens with zero attached hydrogens (tertiary/aromatic N) is 2. The molecule has 2 fully saturated rings. The van der Waals surface area contributed by atoms with Gasteiger partial charge in [0.2, 0.25) is 11.8 Å². The Labute approximate surface area is 160 Å². The van der Waals surface area contributed by atoms with Gasteiger partial charge in [-0.1, -0.05) is 12.1 Å². The smallest absolute Gasteiger partial charge is 0.237 e. The normalized spacial score (nSPS) is 21.8. The molecule has 2 aliphatic heterocycles. The highest BCUT2D eigenvalue weighted by atomic mass is 16.5. The van der Waals surface area contributed by atoms with Crippen LogP contribution in [0.1, 0.15) is 31.7 Å². The molecule has 0 aromatic heterocycles. The molecular formula is C20H29N3O4. The fourth-order valence-corrected chi connectivity index (χ4v) is 3.68. The first-order chi connectivity index (χ1) is 13.1. The van der Waals surface area contributed by atoms with Crippen molar-refractivity contribution in [2.45, 2.75) is 44.9 Å². The number of piperidine rings is 1. The van der Waals surface area contributed by atoms with Gasteiger partial charge in [0.1, 0.15) is 5.75 Å². The Balaban J connectivity index is 1.62. The van der Waals surface area contributed by atoms with Crippen LogP contribution in [0.15, 0.2) is 24.3 Å². The van der Waals surface area contributed by atoms with Crippen molar-refractivity contribution < 1.29 is 19.4 Å². The van der Waals surface area contributed by atoms with E-state index in [-0.39, 0.29) is 24.3 Å². The maximum atomic E-state index is 12.7. The Morgan fingerprint density at radius 3 is 2.59 bits per heavy atom. The van der Waals surface area contributed by atoms with Crippen molar-refractivity contribution in [1.29, 1.82) is 0 Å². The van der Waals surface area contributed by atoms with E-state index in [1.807, 2.05) is 31.2 Å². The maximum Gasteiger partial charge on any atom is 0.237 e. The van der Waals surface area contributed by atoms with Gasteiger partial charge >= 0.3 is 0 Å². The standard InChI is InChI=1S/C20H29N3O4/c1-2-27-17-5-3-15(4-6-17)14-23-12-9-21-20(26)18(23)13-19(25)22-10-7-16(24)8-11-22/h3-6,16,18,24H,2,7-14H2,1H3,(H,21,26)/t18-/m0/s1. The van der Waals surface area contributed by atoms with Gasteiger partial charge in [-0.15, -0.1) is 0 Å². The number of aliphatic hydroxyl groups excluding tert-OH is 1. The van der Waals surface area contributed by atoms with Crippen LogP contribution in [0.4, 0.5) is 0 Å². The van der Waals surface area contributed by atoms with Crippen molar-refractivity contribution in [2.75, 3.05) is 32.8 Å². The third kappa shape index (κ3) is 5.20. The van der Waals surface area contributed by atoms with E-state index < -0.39 is 6.04 Å². The Morgan fingerprint density at radius 1 is 1.22 bits per heavy atom. The fourth-order valence-electron chi connectivity index (χ4n) is 3.68. The summed E-state index contributed by atoms with van der Waals surface area (Å²) in [5.74, 6) is 0.731. The summed E-state index contributed by atoms with van der Waals surface area (Å²) >= 11 is 0. The van der Waals surface area contributed by atoms with Crippen molar-refractivity contribution in [3.05, 3.63) is 29.8 Å². The number of likely N-dealkylation sites (tertiary alicyclic amines) is 1. The lowest BCUT2D eigenvalue weighted by molar-refractivity contribution is -0.140. The highest BCUT2D eigenvalue weighted by Crippen LogP contribution is 2.19. The first-order valence-corrected chi connectivity index (χ1v) is 9.76. The number of nitrogens with one attached hydrogen (secondary N) is 1. The number of hydrogen-bond acceptors (Lipinski definition) is 5. The number of ether oxygens (including phenoxy) is 1. The monoisotopic (exact) mass is 375 g/mol. The highest BCUT2D eigenvalue weighted by molar-refractivity contribution is 5.88. The van der Waals surface area contributed by atoms with E-state index >= 15 is 0 Å². The summed E-state index contributed by atoms with van der Waals surface area (Å²) in [4.78, 5) is 28.9. The van der Waals surface area contributed by atoms with Gasteiger partial charge in [-0.2, -0.15) is 0 Å². The second-order valence-corrected chi connectivity index (χ2v) is 7.17. The molecule has 0 bridgehead atoms. The molecule has 1 aromatic rings. The molecule has 2 N–H and O–H groups in total. The average Bonchev–Trinajstić information content (AvgIpc) is 2.67. The first kappa shape index (κ1) is 19.6. The summed E-state index contributed by atoms with van der Waals surface area (Å²) in [5.41, 5.74) is 1.09. The molecule has 148 valence electrons. The molecule has 7 nitrogen and oxygen atoms in total. The second kappa shape index (κ2) is 9.19. The zero-order valence-corrected chi connectivity index (χ0v) is 15.9. The van der Waals surface area contributed by atoms with Crippen molar-refractivity contribution >= 4 is 11.8 Å². The Hall–Kier alpha value is -2.12. The van der Waals surface area contributed by atoms with Crippen LogP contribution in [0.25, 0.3) is 0 Å². The topological polar surface area (TPSA) is 82.1 Å². The largest absolute Gasteiger partial charge is 0.494 e. The van der Waals surface area contributed by atoms with Crippen LogP contribution in [0.5, 0.6) is 5.75 Å². The van der Waals surface area contributed by atoms with E-state index in [1.54, 1.807) is 4.90 Å². The first-order valence-electron chi connectivity index (χ1n) is 9.76. The van der Waals surface area contributed by atoms with Crippen molar-refractivity contribution in [3.63, 3.8) is 0 Å². The van der Waals surface area contributed by atoms with Gasteiger partial charge in [0, 0.05) is 32.7 Å². The van der Waals surface area contributed by atoms with Crippen LogP contribution in [0.2, 0.25) is 0 Å². The number of benzene rings is 1. The molecule has 1 atom stereocenters. The van der Waals surface area contributed by atoms with Crippen LogP contribution < -0.4 is 10.1 Å². The van der Waals surface area contributed by atoms with Gasteiger partial charge < -0.3 is 20.1 Å². The lowest BCUT2D eigenvalue weighted by Crippen LogP contribution is -2.56. The summed E-state index contributed by atoms with van der Waals surface area (Å²) in [5, 5.41) is 12.5. The van der Waals surface area contributed by atoms with Gasteiger partial charge in [0.15, 0.2) is 0 Å². The van der Waals surface area contributed by atoms with E-state index in [1.165, 1.54) is 0 Å². The minimum absolute atomic E-state index is 0.0133. The van der Waals surface area contributed by atoms with E-state index in [0.29, 0.717) is 45.6 Å². The molecule has 3 rings (SSSR count). The number of carbonyl (C=O) groups excluding carboxylic acids is 2. The average molecular weight is 375 g/mol. The molecule has 1 aromatic carbocycles. The molecule has 0 saturated carbocycles. The molecule has 2 amide bonds. The van der Waals surface area contributed by atoms with Gasteiger partial charge in [-0.3, -0.25) is 14.5 Å². The van der Waals surface area contributed by atoms with E-state index in [4.69, 9.17) is 4.74 Å². The van der Waals surface area contributed by atoms with Crippen LogP contribution in [0, 0.1) is 0 Å². The Bertz CT molecular complexity index is 641. The van der Waals surface area contributed by atoms with Gasteiger partial charge in [-0.05, 0) is 37.5 Å². The highest BCUT2D eigenvalue weighted by Gasteiger charge is 2.33. The van der Waals surface area contributed by atoms with Gasteiger partial charge in [0.05, 0.1) is 25.2 Å². The maximum absolute atomic E-state index is 12.7. The number of piperazine rings is 1. The SMILES string of the molecule is CCOc1ccc(CN2CCNC(=O)[C@@H]2CC(=O)N2CCC(O)CC2)cc1. The number of carbonyl (C=O) groups is 2. The quantitative estimate of drug-likeness (QED) is 0.767. The Morgan fingerprint density at radius 2 is 1.93 bits per heavy atom. The summed E-state index contributed by atoms with van der Waals surface area (Å²) in [6, 6.07) is 7.42. The lowest BCUT2D eigenvalue weighted by Gasteiger charge is -2.36. The zero-order valence-electron chi connectivity index (χ0n) is 15.9. The molecule has 2 heterocycles. The van der Waals surface area contributed by atoms with Crippen molar-refractivity contribution in [2.24, 2.45) is 0 Å². The second-order valence-electron chi connectivity index (χ2n) is 7.17. The minimum atomic E-state index is -0.454. The number of hydrogen-bond donors (Lipinski definition) is 2. The van der Waals surface area contributed by atoms with E-state index in [0.717, 1.165) is 17.9 Å². The van der Waals surface area contributed by atoms with Crippen LogP contribution in [0.3, 0.4) is 0 Å². The van der Waals surface area contributed by atoms with Crippen LogP contribution >= 0.6 is 0 Å². The number of rotatable bonds is 6. The summed E-state index contributed by atoms with van der Waals surface area (Å²) in [6.45, 7) is 5.64. The number of amides is 2. The summed E-state index contributed by atoms with van der Waals surface area (Å²) in [7, 11) is 0. The molecular weight excluding hydrogens is 346 g/mol. The Kier molecular flexibility index (Phi) is 6.68.